The average Bonchev–Trinajstić information content (AvgIpc) is 2.92. The molecule has 4 N–H and O–H groups in total. The van der Waals surface area contributed by atoms with E-state index in [1.807, 2.05) is 13.8 Å². The van der Waals surface area contributed by atoms with Gasteiger partial charge in [0, 0.05) is 13.0 Å². The van der Waals surface area contributed by atoms with Crippen LogP contribution in [-0.4, -0.2) is 30.1 Å². The van der Waals surface area contributed by atoms with E-state index >= 15 is 0 Å². The van der Waals surface area contributed by atoms with Gasteiger partial charge in [0.15, 0.2) is 0 Å². The van der Waals surface area contributed by atoms with Crippen molar-refractivity contribution in [3.63, 3.8) is 0 Å². The molecule has 114 valence electrons. The Labute approximate surface area is 124 Å². The Hall–Kier alpha value is -1.93. The number of aryl methyl sites for hydroxylation is 3. The molecule has 0 radical (unpaired) electrons. The standard InChI is InChI=1S/C13H19N5O2S/c1-9-6-11(14)12(7-10(9)2)21(19,20)17-5-3-4-13-15-8-16-18-13/h6-8,17H,3-5,14H2,1-2H3,(H,15,16,18). The molecule has 2 aromatic rings. The monoisotopic (exact) mass is 309 g/mol. The Bertz CT molecular complexity index is 710. The molecule has 0 saturated heterocycles. The first-order valence-corrected chi connectivity index (χ1v) is 8.09. The average molecular weight is 309 g/mol. The summed E-state index contributed by atoms with van der Waals surface area (Å²) < 4.78 is 27.1. The quantitative estimate of drug-likeness (QED) is 0.542. The zero-order valence-electron chi connectivity index (χ0n) is 12.0. The number of nitrogen functional groups attached to an aromatic ring is 1. The smallest absolute Gasteiger partial charge is 0.242 e. The number of nitrogens with zero attached hydrogens (tertiary/aromatic N) is 2. The van der Waals surface area contributed by atoms with E-state index in [2.05, 4.69) is 19.9 Å². The third kappa shape index (κ3) is 3.79. The van der Waals surface area contributed by atoms with Crippen molar-refractivity contribution in [2.24, 2.45) is 0 Å². The summed E-state index contributed by atoms with van der Waals surface area (Å²) in [6, 6.07) is 3.28. The maximum absolute atomic E-state index is 12.3. The van der Waals surface area contributed by atoms with E-state index in [-0.39, 0.29) is 10.6 Å². The fourth-order valence-corrected chi connectivity index (χ4v) is 3.21. The molecule has 0 saturated carbocycles. The van der Waals surface area contributed by atoms with Crippen molar-refractivity contribution in [1.29, 1.82) is 0 Å². The lowest BCUT2D eigenvalue weighted by Crippen LogP contribution is -2.26. The lowest BCUT2D eigenvalue weighted by molar-refractivity contribution is 0.578. The molecule has 8 heteroatoms. The number of aromatic amines is 1. The summed E-state index contributed by atoms with van der Waals surface area (Å²) in [5.74, 6) is 0.736. The molecular formula is C13H19N5O2S. The van der Waals surface area contributed by atoms with Gasteiger partial charge in [-0.1, -0.05) is 0 Å². The topological polar surface area (TPSA) is 114 Å². The predicted molar refractivity (Wildman–Crippen MR) is 80.2 cm³/mol. The molecule has 1 aromatic heterocycles. The second-order valence-corrected chi connectivity index (χ2v) is 6.64. The third-order valence-corrected chi connectivity index (χ3v) is 4.78. The first kappa shape index (κ1) is 15.5. The van der Waals surface area contributed by atoms with Gasteiger partial charge in [-0.3, -0.25) is 5.10 Å². The van der Waals surface area contributed by atoms with E-state index in [1.54, 1.807) is 12.1 Å². The SMILES string of the molecule is Cc1cc(N)c(S(=O)(=O)NCCCc2ncn[nH]2)cc1C. The number of H-pyrrole nitrogens is 1. The highest BCUT2D eigenvalue weighted by Crippen LogP contribution is 2.22. The van der Waals surface area contributed by atoms with Crippen molar-refractivity contribution in [3.05, 3.63) is 35.4 Å². The van der Waals surface area contributed by atoms with Crippen LogP contribution in [0.3, 0.4) is 0 Å². The summed E-state index contributed by atoms with van der Waals surface area (Å²) in [6.07, 6.45) is 2.68. The lowest BCUT2D eigenvalue weighted by Gasteiger charge is -2.11. The molecule has 0 aliphatic heterocycles. The van der Waals surface area contributed by atoms with Gasteiger partial charge < -0.3 is 5.73 Å². The molecule has 0 amide bonds. The Morgan fingerprint density at radius 3 is 2.67 bits per heavy atom. The van der Waals surface area contributed by atoms with Crippen molar-refractivity contribution in [3.8, 4) is 0 Å². The molecule has 0 atom stereocenters. The van der Waals surface area contributed by atoms with Gasteiger partial charge >= 0.3 is 0 Å². The molecule has 2 rings (SSSR count). The highest BCUT2D eigenvalue weighted by atomic mass is 32.2. The van der Waals surface area contributed by atoms with Gasteiger partial charge in [0.25, 0.3) is 0 Å². The van der Waals surface area contributed by atoms with E-state index in [0.29, 0.717) is 19.4 Å². The first-order chi connectivity index (χ1) is 9.90. The number of nitrogens with two attached hydrogens (primary N) is 1. The summed E-state index contributed by atoms with van der Waals surface area (Å²) in [6.45, 7) is 4.07. The molecule has 0 spiro atoms. The normalized spacial score (nSPS) is 11.7. The van der Waals surface area contributed by atoms with Crippen LogP contribution < -0.4 is 10.5 Å². The second kappa shape index (κ2) is 6.23. The number of nitrogens with one attached hydrogen (secondary N) is 2. The van der Waals surface area contributed by atoms with Crippen molar-refractivity contribution >= 4 is 15.7 Å². The summed E-state index contributed by atoms with van der Waals surface area (Å²) in [7, 11) is -3.59. The van der Waals surface area contributed by atoms with Gasteiger partial charge in [0.05, 0.1) is 5.69 Å². The van der Waals surface area contributed by atoms with Gasteiger partial charge in [-0.2, -0.15) is 5.10 Å². The molecule has 1 heterocycles. The molecule has 7 nitrogen and oxygen atoms in total. The first-order valence-electron chi connectivity index (χ1n) is 6.61. The van der Waals surface area contributed by atoms with Crippen LogP contribution in [0.25, 0.3) is 0 Å². The van der Waals surface area contributed by atoms with Crippen molar-refractivity contribution in [2.75, 3.05) is 12.3 Å². The number of hydrogen-bond donors (Lipinski definition) is 3. The zero-order chi connectivity index (χ0) is 15.5. The second-order valence-electron chi connectivity index (χ2n) is 4.91. The van der Waals surface area contributed by atoms with Crippen LogP contribution in [0.1, 0.15) is 23.4 Å². The lowest BCUT2D eigenvalue weighted by atomic mass is 10.1. The number of rotatable bonds is 6. The van der Waals surface area contributed by atoms with Gasteiger partial charge in [0.2, 0.25) is 10.0 Å². The summed E-state index contributed by atoms with van der Waals surface area (Å²) in [5, 5.41) is 6.47. The van der Waals surface area contributed by atoms with Crippen LogP contribution in [0.15, 0.2) is 23.4 Å². The number of aromatic nitrogens is 3. The fraction of sp³-hybridized carbons (Fsp3) is 0.385. The number of hydrogen-bond acceptors (Lipinski definition) is 5. The van der Waals surface area contributed by atoms with Crippen molar-refractivity contribution in [1.82, 2.24) is 19.9 Å². The minimum atomic E-state index is -3.59. The van der Waals surface area contributed by atoms with Crippen LogP contribution >= 0.6 is 0 Å². The zero-order valence-corrected chi connectivity index (χ0v) is 12.9. The molecule has 1 aromatic carbocycles. The molecular weight excluding hydrogens is 290 g/mol. The molecule has 0 bridgehead atoms. The van der Waals surface area contributed by atoms with E-state index in [1.165, 1.54) is 6.33 Å². The van der Waals surface area contributed by atoms with Gasteiger partial charge in [-0.05, 0) is 43.5 Å². The maximum Gasteiger partial charge on any atom is 0.242 e. The van der Waals surface area contributed by atoms with E-state index < -0.39 is 10.0 Å². The summed E-state index contributed by atoms with van der Waals surface area (Å²) in [4.78, 5) is 4.11. The largest absolute Gasteiger partial charge is 0.398 e. The van der Waals surface area contributed by atoms with Crippen LogP contribution in [0, 0.1) is 13.8 Å². The summed E-state index contributed by atoms with van der Waals surface area (Å²) in [5.41, 5.74) is 7.94. The van der Waals surface area contributed by atoms with Gasteiger partial charge in [-0.25, -0.2) is 18.1 Å². The Morgan fingerprint density at radius 1 is 1.29 bits per heavy atom. The highest BCUT2D eigenvalue weighted by Gasteiger charge is 2.17. The molecule has 0 aliphatic carbocycles. The van der Waals surface area contributed by atoms with E-state index in [4.69, 9.17) is 5.73 Å². The number of anilines is 1. The Morgan fingerprint density at radius 2 is 2.00 bits per heavy atom. The number of benzene rings is 1. The summed E-state index contributed by atoms with van der Waals surface area (Å²) >= 11 is 0. The van der Waals surface area contributed by atoms with Crippen LogP contribution in [-0.2, 0) is 16.4 Å². The fourth-order valence-electron chi connectivity index (χ4n) is 1.94. The van der Waals surface area contributed by atoms with E-state index in [0.717, 1.165) is 17.0 Å². The maximum atomic E-state index is 12.3. The van der Waals surface area contributed by atoms with Crippen molar-refractivity contribution < 1.29 is 8.42 Å². The van der Waals surface area contributed by atoms with Crippen LogP contribution in [0.2, 0.25) is 0 Å². The Kier molecular flexibility index (Phi) is 4.59. The molecule has 0 fully saturated rings. The third-order valence-electron chi connectivity index (χ3n) is 3.26. The van der Waals surface area contributed by atoms with Crippen LogP contribution in [0.4, 0.5) is 5.69 Å². The number of sulfonamides is 1. The predicted octanol–water partition coefficient (Wildman–Crippen LogP) is 0.915. The highest BCUT2D eigenvalue weighted by molar-refractivity contribution is 7.89. The molecule has 0 unspecified atom stereocenters. The van der Waals surface area contributed by atoms with Crippen LogP contribution in [0.5, 0.6) is 0 Å². The molecule has 0 aliphatic rings. The van der Waals surface area contributed by atoms with Gasteiger partial charge in [-0.15, -0.1) is 0 Å². The van der Waals surface area contributed by atoms with Crippen molar-refractivity contribution in [2.45, 2.75) is 31.6 Å². The minimum absolute atomic E-state index is 0.130. The Balaban J connectivity index is 2.00. The molecule has 21 heavy (non-hydrogen) atoms. The van der Waals surface area contributed by atoms with Gasteiger partial charge in [0.1, 0.15) is 17.0 Å². The van der Waals surface area contributed by atoms with E-state index in [9.17, 15) is 8.42 Å². The minimum Gasteiger partial charge on any atom is -0.398 e.